The van der Waals surface area contributed by atoms with Crippen molar-refractivity contribution in [3.63, 3.8) is 0 Å². The van der Waals surface area contributed by atoms with E-state index in [1.807, 2.05) is 26.1 Å². The lowest BCUT2D eigenvalue weighted by atomic mass is 10.1. The van der Waals surface area contributed by atoms with Crippen molar-refractivity contribution in [1.29, 1.82) is 0 Å². The highest BCUT2D eigenvalue weighted by molar-refractivity contribution is 5.67. The zero-order chi connectivity index (χ0) is 21.1. The Hall–Kier alpha value is -3.06. The lowest BCUT2D eigenvalue weighted by molar-refractivity contribution is 0.186. The summed E-state index contributed by atoms with van der Waals surface area (Å²) in [6.45, 7) is 5.43. The smallest absolute Gasteiger partial charge is 0.251 e. The summed E-state index contributed by atoms with van der Waals surface area (Å²) in [5, 5.41) is 0. The fourth-order valence-corrected chi connectivity index (χ4v) is 3.49. The first-order valence-corrected chi connectivity index (χ1v) is 10.1. The summed E-state index contributed by atoms with van der Waals surface area (Å²) < 4.78 is 12.8. The van der Waals surface area contributed by atoms with E-state index in [4.69, 9.17) is 9.47 Å². The van der Waals surface area contributed by atoms with Crippen LogP contribution in [0.15, 0.2) is 47.7 Å². The van der Waals surface area contributed by atoms with Gasteiger partial charge in [0.05, 0.1) is 18.8 Å². The number of nitrogens with zero attached hydrogens (tertiary/aromatic N) is 4. The van der Waals surface area contributed by atoms with Crippen LogP contribution in [-0.4, -0.2) is 39.8 Å². The molecule has 4 rings (SSSR count). The predicted molar refractivity (Wildman–Crippen MR) is 114 cm³/mol. The van der Waals surface area contributed by atoms with Crippen molar-refractivity contribution in [2.24, 2.45) is 5.92 Å². The van der Waals surface area contributed by atoms with Crippen LogP contribution in [0.25, 0.3) is 11.1 Å². The number of hydrogen-bond donors (Lipinski definition) is 0. The van der Waals surface area contributed by atoms with Gasteiger partial charge in [-0.25, -0.2) is 4.98 Å². The average molecular weight is 406 g/mol. The number of hydrogen-bond acceptors (Lipinski definition) is 6. The zero-order valence-electron chi connectivity index (χ0n) is 17.5. The second-order valence-corrected chi connectivity index (χ2v) is 7.75. The molecule has 2 atom stereocenters. The minimum atomic E-state index is -0.0937. The SMILES string of the molecule is COCCn1ccc(-c2cnc(C)nc2OC[C@H]2C[C@@H]2c2ccc(C)cn2)cc1=O. The van der Waals surface area contributed by atoms with Gasteiger partial charge in [0.1, 0.15) is 5.82 Å². The van der Waals surface area contributed by atoms with E-state index >= 15 is 0 Å². The Kier molecular flexibility index (Phi) is 5.90. The molecule has 0 saturated heterocycles. The summed E-state index contributed by atoms with van der Waals surface area (Å²) >= 11 is 0. The number of aryl methyl sites for hydroxylation is 2. The molecule has 30 heavy (non-hydrogen) atoms. The predicted octanol–water partition coefficient (Wildman–Crippen LogP) is 3.15. The molecule has 7 heteroatoms. The van der Waals surface area contributed by atoms with Crippen LogP contribution in [0.1, 0.15) is 29.4 Å². The molecule has 3 heterocycles. The highest BCUT2D eigenvalue weighted by Gasteiger charge is 2.40. The third-order valence-corrected chi connectivity index (χ3v) is 5.39. The molecule has 1 aliphatic rings. The maximum Gasteiger partial charge on any atom is 0.251 e. The summed E-state index contributed by atoms with van der Waals surface area (Å²) in [7, 11) is 1.62. The van der Waals surface area contributed by atoms with Crippen molar-refractivity contribution in [2.45, 2.75) is 32.7 Å². The molecule has 0 spiro atoms. The van der Waals surface area contributed by atoms with Crippen LogP contribution < -0.4 is 10.3 Å². The number of methoxy groups -OCH3 is 1. The van der Waals surface area contributed by atoms with E-state index < -0.39 is 0 Å². The Balaban J connectivity index is 1.48. The molecule has 0 aliphatic heterocycles. The lowest BCUT2D eigenvalue weighted by Crippen LogP contribution is -2.20. The van der Waals surface area contributed by atoms with Gasteiger partial charge in [-0.15, -0.1) is 0 Å². The Labute approximate surface area is 175 Å². The quantitative estimate of drug-likeness (QED) is 0.572. The number of pyridine rings is 2. The topological polar surface area (TPSA) is 79.1 Å². The third-order valence-electron chi connectivity index (χ3n) is 5.39. The second-order valence-electron chi connectivity index (χ2n) is 7.75. The first kappa shape index (κ1) is 20.2. The molecule has 7 nitrogen and oxygen atoms in total. The van der Waals surface area contributed by atoms with Crippen LogP contribution in [0.4, 0.5) is 0 Å². The van der Waals surface area contributed by atoms with Crippen molar-refractivity contribution in [3.8, 4) is 17.0 Å². The normalized spacial score (nSPS) is 17.7. The van der Waals surface area contributed by atoms with Crippen molar-refractivity contribution in [3.05, 3.63) is 70.3 Å². The molecule has 0 amide bonds. The number of rotatable bonds is 8. The van der Waals surface area contributed by atoms with Crippen LogP contribution in [0.2, 0.25) is 0 Å². The van der Waals surface area contributed by atoms with Gasteiger partial charge in [-0.05, 0) is 43.5 Å². The third kappa shape index (κ3) is 4.57. The maximum atomic E-state index is 12.4. The van der Waals surface area contributed by atoms with Crippen LogP contribution in [-0.2, 0) is 11.3 Å². The van der Waals surface area contributed by atoms with Gasteiger partial charge >= 0.3 is 0 Å². The minimum Gasteiger partial charge on any atom is -0.477 e. The largest absolute Gasteiger partial charge is 0.477 e. The van der Waals surface area contributed by atoms with Gasteiger partial charge in [0.25, 0.3) is 5.56 Å². The van der Waals surface area contributed by atoms with Crippen molar-refractivity contribution >= 4 is 0 Å². The standard InChI is InChI=1S/C23H26N4O3/c1-15-4-5-21(25-12-15)19-10-18(19)14-30-23-20(13-24-16(2)26-23)17-6-7-27(8-9-29-3)22(28)11-17/h4-7,11-13,18-19H,8-10,14H2,1-3H3/t18-,19+/m1/s1. The Bertz CT molecular complexity index is 1080. The summed E-state index contributed by atoms with van der Waals surface area (Å²) in [5.74, 6) is 2.00. The van der Waals surface area contributed by atoms with Gasteiger partial charge in [0, 0.05) is 55.8 Å². The molecule has 1 saturated carbocycles. The van der Waals surface area contributed by atoms with E-state index in [2.05, 4.69) is 27.1 Å². The molecule has 156 valence electrons. The van der Waals surface area contributed by atoms with Gasteiger partial charge in [-0.3, -0.25) is 9.78 Å². The molecule has 1 aliphatic carbocycles. The van der Waals surface area contributed by atoms with Gasteiger partial charge < -0.3 is 14.0 Å². The van der Waals surface area contributed by atoms with Crippen molar-refractivity contribution in [1.82, 2.24) is 19.5 Å². The fourth-order valence-electron chi connectivity index (χ4n) is 3.49. The van der Waals surface area contributed by atoms with Crippen LogP contribution in [0.3, 0.4) is 0 Å². The van der Waals surface area contributed by atoms with E-state index in [-0.39, 0.29) is 5.56 Å². The highest BCUT2D eigenvalue weighted by atomic mass is 16.5. The number of ether oxygens (including phenoxy) is 2. The average Bonchev–Trinajstić information content (AvgIpc) is 3.52. The molecular weight excluding hydrogens is 380 g/mol. The molecule has 0 radical (unpaired) electrons. The van der Waals surface area contributed by atoms with E-state index in [0.29, 0.717) is 43.3 Å². The first-order chi connectivity index (χ1) is 14.5. The summed E-state index contributed by atoms with van der Waals surface area (Å²) in [6, 6.07) is 7.67. The lowest BCUT2D eigenvalue weighted by Gasteiger charge is -2.12. The van der Waals surface area contributed by atoms with Crippen LogP contribution in [0.5, 0.6) is 5.88 Å². The van der Waals surface area contributed by atoms with Crippen LogP contribution >= 0.6 is 0 Å². The molecule has 0 bridgehead atoms. The molecule has 3 aromatic rings. The van der Waals surface area contributed by atoms with E-state index in [1.54, 1.807) is 30.1 Å². The Morgan fingerprint density at radius 3 is 2.77 bits per heavy atom. The van der Waals surface area contributed by atoms with Crippen molar-refractivity contribution in [2.75, 3.05) is 20.3 Å². The summed E-state index contributed by atoms with van der Waals surface area (Å²) in [6.07, 6.45) is 6.45. The molecule has 1 fully saturated rings. The highest BCUT2D eigenvalue weighted by Crippen LogP contribution is 2.47. The molecular formula is C23H26N4O3. The van der Waals surface area contributed by atoms with E-state index in [9.17, 15) is 4.79 Å². The molecule has 0 aromatic carbocycles. The molecule has 3 aromatic heterocycles. The monoisotopic (exact) mass is 406 g/mol. The summed E-state index contributed by atoms with van der Waals surface area (Å²) in [5.41, 5.74) is 3.66. The summed E-state index contributed by atoms with van der Waals surface area (Å²) in [4.78, 5) is 25.7. The number of aromatic nitrogens is 4. The van der Waals surface area contributed by atoms with E-state index in [1.165, 1.54) is 0 Å². The van der Waals surface area contributed by atoms with E-state index in [0.717, 1.165) is 28.8 Å². The Morgan fingerprint density at radius 1 is 1.17 bits per heavy atom. The van der Waals surface area contributed by atoms with Gasteiger partial charge in [-0.1, -0.05) is 6.07 Å². The van der Waals surface area contributed by atoms with Crippen molar-refractivity contribution < 1.29 is 9.47 Å². The fraction of sp³-hybridized carbons (Fsp3) is 0.391. The maximum absolute atomic E-state index is 12.4. The molecule has 0 unspecified atom stereocenters. The Morgan fingerprint density at radius 2 is 2.03 bits per heavy atom. The zero-order valence-corrected chi connectivity index (χ0v) is 17.5. The van der Waals surface area contributed by atoms with Gasteiger partial charge in [0.15, 0.2) is 0 Å². The minimum absolute atomic E-state index is 0.0937. The second kappa shape index (κ2) is 8.75. The first-order valence-electron chi connectivity index (χ1n) is 10.1. The van der Waals surface area contributed by atoms with Crippen LogP contribution in [0, 0.1) is 19.8 Å². The molecule has 0 N–H and O–H groups in total. The van der Waals surface area contributed by atoms with Gasteiger partial charge in [0.2, 0.25) is 5.88 Å². The van der Waals surface area contributed by atoms with Gasteiger partial charge in [-0.2, -0.15) is 4.98 Å².